The molecule has 30 atom stereocenters. The molecule has 6 heterocycles. The number of carbonyl (C=O) groups excluding carboxylic acids is 3. The van der Waals surface area contributed by atoms with E-state index in [1.807, 2.05) is 0 Å². The first-order valence-electron chi connectivity index (χ1n) is 26.0. The molecule has 12 unspecified atom stereocenters. The smallest absolute Gasteiger partial charge is 0.397 e. The summed E-state index contributed by atoms with van der Waals surface area (Å²) in [6, 6.07) is -6.37. The van der Waals surface area contributed by atoms with Crippen LogP contribution < -0.4 is 16.0 Å². The number of hydrogen-bond donors (Lipinski definition) is 20. The highest BCUT2D eigenvalue weighted by molar-refractivity contribution is 7.81. The van der Waals surface area contributed by atoms with Gasteiger partial charge in [-0.3, -0.25) is 28.0 Å². The fraction of sp³-hybridized carbons (Fsp3) is 0.857. The van der Waals surface area contributed by atoms with Gasteiger partial charge in [0, 0.05) is 20.8 Å². The van der Waals surface area contributed by atoms with E-state index in [0.29, 0.717) is 0 Å². The Bertz CT molecular complexity index is 2920. The molecule has 6 aliphatic heterocycles. The standard InChI is InChI=1S/C42H65N3O43S3/c1-7(46)43-13-26(16(49)10(78-37(13)65)4-75-89(66,67)68)81-41-24(57)21(54)29(32(87-41)35(61)62)84-39-15(45-9(3)48)28(18(51)12(80-39)6-77-91(72,73)74)83-42-25(58)22(55)30(33(88-42)36(63)64)85-38-14(44-8(2)47)27(17(50)11(79-38)5-76-90(69,70)71)82-40-23(56)19(52)20(53)31(86-40)34(59)60/h10-33,37-42,49-58,65H,4-6H2,1-3H3,(H,43,46)(H,44,47)(H,45,48)(H,59,60)(H,61,62)(H,63,64)(H,66,67,68)(H,69,70,71)(H,72,73,74)/t10?,11?,12?,13?,14?,15?,16-,17-,18-,19-,20-,21+,22+,23?,24?,25?,26+,27+,28+,29-,30-,31?,32?,33?,37+,38-,39-,40+,41+,42+/m0/s1. The molecule has 6 saturated heterocycles. The number of aliphatic carboxylic acids is 3. The molecule has 0 radical (unpaired) electrons. The molecule has 524 valence electrons. The molecular formula is C42H65N3O43S3. The van der Waals surface area contributed by atoms with Crippen molar-refractivity contribution in [1.82, 2.24) is 16.0 Å². The lowest BCUT2D eigenvalue weighted by atomic mass is 9.93. The lowest BCUT2D eigenvalue weighted by Gasteiger charge is -2.50. The summed E-state index contributed by atoms with van der Waals surface area (Å²) >= 11 is 0. The maximum absolute atomic E-state index is 13.1. The monoisotopic (exact) mass is 1400 g/mol. The lowest BCUT2D eigenvalue weighted by Crippen LogP contribution is -2.71. The first kappa shape index (κ1) is 75.6. The normalized spacial score (nSPS) is 42.6. The van der Waals surface area contributed by atoms with Crippen LogP contribution in [0.1, 0.15) is 20.8 Å². The number of aliphatic hydroxyl groups excluding tert-OH is 11. The highest BCUT2D eigenvalue weighted by atomic mass is 32.3. The molecule has 46 nitrogen and oxygen atoms in total. The molecule has 6 rings (SSSR count). The number of nitrogens with one attached hydrogen (secondary N) is 3. The highest BCUT2D eigenvalue weighted by Gasteiger charge is 2.60. The van der Waals surface area contributed by atoms with Crippen molar-refractivity contribution in [2.45, 2.75) is 205 Å². The van der Waals surface area contributed by atoms with Crippen molar-refractivity contribution in [3.05, 3.63) is 0 Å². The van der Waals surface area contributed by atoms with Gasteiger partial charge in [0.05, 0.1) is 19.8 Å². The van der Waals surface area contributed by atoms with E-state index in [-0.39, 0.29) is 0 Å². The van der Waals surface area contributed by atoms with Gasteiger partial charge in [-0.05, 0) is 0 Å². The van der Waals surface area contributed by atoms with E-state index >= 15 is 0 Å². The summed E-state index contributed by atoms with van der Waals surface area (Å²) in [5, 5.41) is 160. The Hall–Kier alpha value is -4.45. The Balaban J connectivity index is 1.32. The van der Waals surface area contributed by atoms with Gasteiger partial charge in [-0.25, -0.2) is 26.9 Å². The van der Waals surface area contributed by atoms with Crippen LogP contribution in [0.5, 0.6) is 0 Å². The van der Waals surface area contributed by atoms with E-state index in [1.165, 1.54) is 0 Å². The quantitative estimate of drug-likeness (QED) is 0.0377. The topological polar surface area (TPSA) is 714 Å². The third kappa shape index (κ3) is 18.9. The lowest BCUT2D eigenvalue weighted by molar-refractivity contribution is -0.376. The molecule has 0 aromatic heterocycles. The summed E-state index contributed by atoms with van der Waals surface area (Å²) in [7, 11) is -16.2. The van der Waals surface area contributed by atoms with Gasteiger partial charge in [-0.1, -0.05) is 0 Å². The number of amides is 3. The summed E-state index contributed by atoms with van der Waals surface area (Å²) in [5.74, 6) is -9.56. The molecule has 0 spiro atoms. The Morgan fingerprint density at radius 2 is 0.615 bits per heavy atom. The molecule has 0 bridgehead atoms. The van der Waals surface area contributed by atoms with E-state index < -0.39 is 271 Å². The molecule has 3 amide bonds. The van der Waals surface area contributed by atoms with Crippen molar-refractivity contribution in [3.8, 4) is 0 Å². The predicted octanol–water partition coefficient (Wildman–Crippen LogP) is -13.9. The number of carboxylic acids is 3. The molecule has 0 saturated carbocycles. The van der Waals surface area contributed by atoms with Gasteiger partial charge in [0.25, 0.3) is 0 Å². The predicted molar refractivity (Wildman–Crippen MR) is 267 cm³/mol. The van der Waals surface area contributed by atoms with Gasteiger partial charge in [0.2, 0.25) is 17.7 Å². The van der Waals surface area contributed by atoms with Gasteiger partial charge < -0.3 is 140 Å². The van der Waals surface area contributed by atoms with Crippen molar-refractivity contribution in [2.75, 3.05) is 19.8 Å². The number of rotatable bonds is 25. The van der Waals surface area contributed by atoms with Gasteiger partial charge in [0.1, 0.15) is 128 Å². The highest BCUT2D eigenvalue weighted by Crippen LogP contribution is 2.38. The van der Waals surface area contributed by atoms with Crippen molar-refractivity contribution in [1.29, 1.82) is 0 Å². The molecule has 91 heavy (non-hydrogen) atoms. The SMILES string of the molecule is CC(=O)NC1[C@H](O[C@@H]2C(C(=O)O)O[C@@H](O[C@@H]3C(NC(C)=O)[C@H](O[C@@H]4C(C(=O)O)O[C@@H](O[C@@H]5C(NC(C)=O)[C@H](O)OC(COS(=O)(=O)O)[C@@H]5O)C(O)[C@H]4O)OC(COS(=O)(=O)O)[C@@H]3O)C(O)[C@H]2O)OC(COS(=O)(=O)O)[C@H](O)[C@@H]1O[C@@H]1OC(C(=O)O)[C@@H](O)[C@H](O)C1O. The number of ether oxygens (including phenoxy) is 11. The molecule has 6 fully saturated rings. The van der Waals surface area contributed by atoms with E-state index in [1.54, 1.807) is 0 Å². The zero-order valence-corrected chi connectivity index (χ0v) is 48.8. The Morgan fingerprint density at radius 3 is 0.923 bits per heavy atom. The van der Waals surface area contributed by atoms with E-state index in [9.17, 15) is 135 Å². The van der Waals surface area contributed by atoms with Crippen LogP contribution in [0.25, 0.3) is 0 Å². The van der Waals surface area contributed by atoms with E-state index in [4.69, 9.17) is 56.7 Å². The van der Waals surface area contributed by atoms with Crippen LogP contribution >= 0.6 is 0 Å². The molecule has 6 aliphatic rings. The number of carbonyl (C=O) groups is 6. The Kier molecular flexibility index (Phi) is 25.3. The second-order valence-electron chi connectivity index (χ2n) is 20.7. The molecule has 49 heteroatoms. The maximum atomic E-state index is 13.1. The van der Waals surface area contributed by atoms with Gasteiger partial charge in [-0.2, -0.15) is 25.3 Å². The van der Waals surface area contributed by atoms with E-state index in [0.717, 1.165) is 20.8 Å². The maximum Gasteiger partial charge on any atom is 0.397 e. The zero-order valence-electron chi connectivity index (χ0n) is 46.4. The number of aliphatic hydroxyl groups is 11. The summed E-state index contributed by atoms with van der Waals surface area (Å²) in [6.45, 7) is -1.81. The minimum absolute atomic E-state index is 0.756. The Labute approximate surface area is 510 Å². The fourth-order valence-corrected chi connectivity index (χ4v) is 11.0. The molecule has 0 aliphatic carbocycles. The molecular weight excluding hydrogens is 1330 g/mol. The summed E-state index contributed by atoms with van der Waals surface area (Å²) in [6.07, 6.45) is -66.6. The number of hydrogen-bond acceptors (Lipinski definition) is 37. The third-order valence-corrected chi connectivity index (χ3v) is 15.4. The van der Waals surface area contributed by atoms with E-state index in [2.05, 4.69) is 28.5 Å². The second-order valence-corrected chi connectivity index (χ2v) is 23.9. The van der Waals surface area contributed by atoms with Crippen LogP contribution in [-0.4, -0.2) is 350 Å². The molecule has 0 aromatic carbocycles. The van der Waals surface area contributed by atoms with Crippen molar-refractivity contribution in [2.24, 2.45) is 0 Å². The largest absolute Gasteiger partial charge is 0.479 e. The number of carboxylic acid groups (broad SMARTS) is 3. The van der Waals surface area contributed by atoms with Crippen LogP contribution in [0.15, 0.2) is 0 Å². The van der Waals surface area contributed by atoms with Crippen molar-refractivity contribution in [3.63, 3.8) is 0 Å². The fourth-order valence-electron chi connectivity index (χ4n) is 10.1. The zero-order chi connectivity index (χ0) is 68.4. The van der Waals surface area contributed by atoms with Crippen LogP contribution in [0.2, 0.25) is 0 Å². The van der Waals surface area contributed by atoms with Gasteiger partial charge in [0.15, 0.2) is 56.1 Å². The third-order valence-electron chi connectivity index (χ3n) is 14.1. The average molecular weight is 1400 g/mol. The molecule has 20 N–H and O–H groups in total. The van der Waals surface area contributed by atoms with Crippen LogP contribution in [0.4, 0.5) is 0 Å². The molecule has 0 aromatic rings. The minimum atomic E-state index is -5.53. The van der Waals surface area contributed by atoms with Crippen LogP contribution in [0.3, 0.4) is 0 Å². The van der Waals surface area contributed by atoms with Gasteiger partial charge in [-0.15, -0.1) is 0 Å². The summed E-state index contributed by atoms with van der Waals surface area (Å²) < 4.78 is 171. The van der Waals surface area contributed by atoms with Crippen molar-refractivity contribution < 1.29 is 204 Å². The average Bonchev–Trinajstić information content (AvgIpc) is 0.879. The summed E-state index contributed by atoms with van der Waals surface area (Å²) in [4.78, 5) is 75.7. The van der Waals surface area contributed by atoms with Crippen molar-refractivity contribution >= 4 is 66.8 Å². The first-order chi connectivity index (χ1) is 42.0. The second kappa shape index (κ2) is 30.5. The van der Waals surface area contributed by atoms with Crippen LogP contribution in [0, 0.1) is 0 Å². The summed E-state index contributed by atoms with van der Waals surface area (Å²) in [5.41, 5.74) is 0. The van der Waals surface area contributed by atoms with Crippen LogP contribution in [-0.2, 0) is 125 Å². The Morgan fingerprint density at radius 1 is 0.341 bits per heavy atom. The van der Waals surface area contributed by atoms with Gasteiger partial charge >= 0.3 is 49.1 Å². The first-order valence-corrected chi connectivity index (χ1v) is 30.1. The minimum Gasteiger partial charge on any atom is -0.479 e.